The number of nitrogens with one attached hydrogen (secondary N) is 1. The van der Waals surface area contributed by atoms with Crippen molar-refractivity contribution >= 4 is 22.7 Å². The molecule has 2 aromatic carbocycles. The average molecular weight is 390 g/mol. The van der Waals surface area contributed by atoms with E-state index in [9.17, 15) is 13.2 Å². The van der Waals surface area contributed by atoms with E-state index < -0.39 is 11.7 Å². The van der Waals surface area contributed by atoms with Gasteiger partial charge in [0.15, 0.2) is 0 Å². The maximum Gasteiger partial charge on any atom is 0.416 e. The normalized spacial score (nSPS) is 16.9. The summed E-state index contributed by atoms with van der Waals surface area (Å²) < 4.78 is 39.0. The molecule has 0 atom stereocenters. The number of hydrogen-bond donors (Lipinski definition) is 1. The second-order valence-electron chi connectivity index (χ2n) is 6.99. The van der Waals surface area contributed by atoms with Crippen molar-refractivity contribution < 1.29 is 13.2 Å². The number of halogens is 3. The lowest BCUT2D eigenvalue weighted by molar-refractivity contribution is -0.137. The third-order valence-electron chi connectivity index (χ3n) is 5.05. The van der Waals surface area contributed by atoms with Gasteiger partial charge in [-0.3, -0.25) is 4.90 Å². The molecule has 0 saturated carbocycles. The Morgan fingerprint density at radius 2 is 1.78 bits per heavy atom. The van der Waals surface area contributed by atoms with Crippen LogP contribution in [0.5, 0.6) is 0 Å². The van der Waals surface area contributed by atoms with Crippen LogP contribution >= 0.6 is 11.8 Å². The first-order valence-corrected chi connectivity index (χ1v) is 9.98. The summed E-state index contributed by atoms with van der Waals surface area (Å²) >= 11 is 1.70. The molecule has 0 aliphatic carbocycles. The van der Waals surface area contributed by atoms with Crippen LogP contribution in [0.3, 0.4) is 0 Å². The van der Waals surface area contributed by atoms with Crippen molar-refractivity contribution in [3.8, 4) is 0 Å². The lowest BCUT2D eigenvalue weighted by Gasteiger charge is -2.31. The van der Waals surface area contributed by atoms with Crippen LogP contribution in [0, 0.1) is 0 Å². The molecule has 2 nitrogen and oxygen atoms in total. The first kappa shape index (κ1) is 18.4. The van der Waals surface area contributed by atoms with Crippen LogP contribution < -0.4 is 0 Å². The molecule has 1 fully saturated rings. The van der Waals surface area contributed by atoms with Gasteiger partial charge in [0.1, 0.15) is 0 Å². The molecular formula is C21H21F3N2S. The number of benzene rings is 2. The SMILES string of the molecule is FC(F)(F)c1ccc2[nH]cc(SC3CCN(Cc4ccccc4)CC3)c2c1. The Balaban J connectivity index is 1.40. The minimum absolute atomic E-state index is 0.436. The molecule has 3 aromatic rings. The number of aromatic amines is 1. The highest BCUT2D eigenvalue weighted by atomic mass is 32.2. The molecule has 6 heteroatoms. The summed E-state index contributed by atoms with van der Waals surface area (Å²) in [6, 6.07) is 14.3. The first-order chi connectivity index (χ1) is 13.0. The lowest BCUT2D eigenvalue weighted by atomic mass is 10.1. The van der Waals surface area contributed by atoms with Crippen molar-refractivity contribution in [1.29, 1.82) is 0 Å². The highest BCUT2D eigenvalue weighted by Gasteiger charge is 2.31. The minimum atomic E-state index is -4.31. The van der Waals surface area contributed by atoms with Gasteiger partial charge in [-0.05, 0) is 49.7 Å². The average Bonchev–Trinajstić information content (AvgIpc) is 3.06. The van der Waals surface area contributed by atoms with E-state index in [1.165, 1.54) is 17.7 Å². The molecule has 4 rings (SSSR count). The molecule has 1 aliphatic heterocycles. The summed E-state index contributed by atoms with van der Waals surface area (Å²) in [6.45, 7) is 2.99. The van der Waals surface area contributed by atoms with Gasteiger partial charge in [-0.15, -0.1) is 11.8 Å². The second-order valence-corrected chi connectivity index (χ2v) is 8.33. The summed E-state index contributed by atoms with van der Waals surface area (Å²) in [5, 5.41) is 1.10. The van der Waals surface area contributed by atoms with E-state index in [2.05, 4.69) is 34.1 Å². The third kappa shape index (κ3) is 4.33. The molecule has 0 amide bonds. The summed E-state index contributed by atoms with van der Waals surface area (Å²) in [6.07, 6.45) is -0.381. The summed E-state index contributed by atoms with van der Waals surface area (Å²) in [7, 11) is 0. The predicted octanol–water partition coefficient (Wildman–Crippen LogP) is 5.94. The van der Waals surface area contributed by atoms with Crippen molar-refractivity contribution in [3.63, 3.8) is 0 Å². The van der Waals surface area contributed by atoms with Crippen LogP contribution in [0.4, 0.5) is 13.2 Å². The fraction of sp³-hybridized carbons (Fsp3) is 0.333. The number of piperidine rings is 1. The van der Waals surface area contributed by atoms with Gasteiger partial charge in [0.2, 0.25) is 0 Å². The molecule has 1 saturated heterocycles. The summed E-state index contributed by atoms with van der Waals surface area (Å²) in [5.74, 6) is 0. The summed E-state index contributed by atoms with van der Waals surface area (Å²) in [5.41, 5.74) is 1.49. The Hall–Kier alpha value is -1.92. The van der Waals surface area contributed by atoms with Gasteiger partial charge in [-0.25, -0.2) is 0 Å². The van der Waals surface area contributed by atoms with Crippen molar-refractivity contribution in [2.24, 2.45) is 0 Å². The summed E-state index contributed by atoms with van der Waals surface area (Å²) in [4.78, 5) is 6.46. The molecule has 27 heavy (non-hydrogen) atoms. The predicted molar refractivity (Wildman–Crippen MR) is 104 cm³/mol. The van der Waals surface area contributed by atoms with Gasteiger partial charge in [0, 0.05) is 33.8 Å². The van der Waals surface area contributed by atoms with Crippen LogP contribution in [0.25, 0.3) is 10.9 Å². The van der Waals surface area contributed by atoms with Crippen molar-refractivity contribution in [2.45, 2.75) is 35.7 Å². The number of aromatic nitrogens is 1. The molecule has 1 aliphatic rings. The third-order valence-corrected chi connectivity index (χ3v) is 6.44. The van der Waals surface area contributed by atoms with Crippen LogP contribution in [0.2, 0.25) is 0 Å². The number of H-pyrrole nitrogens is 1. The van der Waals surface area contributed by atoms with Crippen molar-refractivity contribution in [2.75, 3.05) is 13.1 Å². The number of rotatable bonds is 4. The highest BCUT2D eigenvalue weighted by molar-refractivity contribution is 8.00. The maximum absolute atomic E-state index is 13.0. The molecule has 0 bridgehead atoms. The Labute approximate surface area is 160 Å². The van der Waals surface area contributed by atoms with E-state index in [0.717, 1.165) is 49.0 Å². The van der Waals surface area contributed by atoms with Crippen molar-refractivity contribution in [3.05, 3.63) is 65.9 Å². The number of nitrogens with zero attached hydrogens (tertiary/aromatic N) is 1. The Bertz CT molecular complexity index is 897. The van der Waals surface area contributed by atoms with Gasteiger partial charge in [-0.2, -0.15) is 13.2 Å². The zero-order valence-corrected chi connectivity index (χ0v) is 15.6. The Morgan fingerprint density at radius 3 is 2.48 bits per heavy atom. The number of likely N-dealkylation sites (tertiary alicyclic amines) is 1. The van der Waals surface area contributed by atoms with E-state index in [0.29, 0.717) is 10.6 Å². The van der Waals surface area contributed by atoms with Gasteiger partial charge < -0.3 is 4.98 Å². The van der Waals surface area contributed by atoms with Gasteiger partial charge in [0.25, 0.3) is 0 Å². The zero-order chi connectivity index (χ0) is 18.9. The molecular weight excluding hydrogens is 369 g/mol. The number of hydrogen-bond acceptors (Lipinski definition) is 2. The fourth-order valence-electron chi connectivity index (χ4n) is 3.58. The van der Waals surface area contributed by atoms with Crippen LogP contribution in [-0.4, -0.2) is 28.2 Å². The number of fused-ring (bicyclic) bond motifs is 1. The van der Waals surface area contributed by atoms with Gasteiger partial charge in [0.05, 0.1) is 5.56 Å². The standard InChI is InChI=1S/C21H21F3N2S/c22-21(23,24)16-6-7-19-18(12-16)20(13-25-19)27-17-8-10-26(11-9-17)14-15-4-2-1-3-5-15/h1-7,12-13,17,25H,8-11,14H2. The van der Waals surface area contributed by atoms with Crippen LogP contribution in [-0.2, 0) is 12.7 Å². The van der Waals surface area contributed by atoms with Crippen LogP contribution in [0.15, 0.2) is 59.6 Å². The zero-order valence-electron chi connectivity index (χ0n) is 14.8. The van der Waals surface area contributed by atoms with E-state index in [1.807, 2.05) is 12.3 Å². The van der Waals surface area contributed by atoms with E-state index in [1.54, 1.807) is 11.8 Å². The molecule has 0 unspecified atom stereocenters. The van der Waals surface area contributed by atoms with Crippen LogP contribution in [0.1, 0.15) is 24.0 Å². The second kappa shape index (κ2) is 7.60. The Morgan fingerprint density at radius 1 is 1.04 bits per heavy atom. The Kier molecular flexibility index (Phi) is 5.19. The molecule has 0 radical (unpaired) electrons. The molecule has 142 valence electrons. The van der Waals surface area contributed by atoms with E-state index in [4.69, 9.17) is 0 Å². The maximum atomic E-state index is 13.0. The fourth-order valence-corrected chi connectivity index (χ4v) is 4.80. The van der Waals surface area contributed by atoms with Crippen molar-refractivity contribution in [1.82, 2.24) is 9.88 Å². The quantitative estimate of drug-likeness (QED) is 0.594. The molecule has 2 heterocycles. The minimum Gasteiger partial charge on any atom is -0.360 e. The topological polar surface area (TPSA) is 19.0 Å². The van der Waals surface area contributed by atoms with Gasteiger partial charge in [-0.1, -0.05) is 30.3 Å². The lowest BCUT2D eigenvalue weighted by Crippen LogP contribution is -2.34. The smallest absolute Gasteiger partial charge is 0.360 e. The molecule has 1 N–H and O–H groups in total. The van der Waals surface area contributed by atoms with E-state index >= 15 is 0 Å². The molecule has 1 aromatic heterocycles. The highest BCUT2D eigenvalue weighted by Crippen LogP contribution is 2.38. The largest absolute Gasteiger partial charge is 0.416 e. The van der Waals surface area contributed by atoms with Gasteiger partial charge >= 0.3 is 6.18 Å². The molecule has 0 spiro atoms. The number of alkyl halides is 3. The first-order valence-electron chi connectivity index (χ1n) is 9.10. The monoisotopic (exact) mass is 390 g/mol. The number of thioether (sulfide) groups is 1. The van der Waals surface area contributed by atoms with E-state index in [-0.39, 0.29) is 0 Å².